The Kier molecular flexibility index (Phi) is 7.70. The summed E-state index contributed by atoms with van der Waals surface area (Å²) in [5, 5.41) is 22.5. The van der Waals surface area contributed by atoms with E-state index < -0.39 is 83.5 Å². The van der Waals surface area contributed by atoms with Crippen LogP contribution < -0.4 is 17.0 Å². The van der Waals surface area contributed by atoms with Crippen LogP contribution in [0.5, 0.6) is 0 Å². The first kappa shape index (κ1) is 31.2. The van der Waals surface area contributed by atoms with Crippen molar-refractivity contribution in [2.45, 2.75) is 49.1 Å². The number of phosphoric ester groups is 2. The molecule has 3 fully saturated rings. The van der Waals surface area contributed by atoms with Crippen molar-refractivity contribution in [3.63, 3.8) is 0 Å². The molecule has 248 valence electrons. The maximum absolute atomic E-state index is 13.7. The van der Waals surface area contributed by atoms with Crippen molar-refractivity contribution in [2.24, 2.45) is 0 Å². The minimum atomic E-state index is -5.03. The zero-order valence-electron chi connectivity index (χ0n) is 23.4. The van der Waals surface area contributed by atoms with Crippen LogP contribution in [-0.4, -0.2) is 111 Å². The van der Waals surface area contributed by atoms with Gasteiger partial charge in [-0.15, -0.1) is 0 Å². The highest BCUT2D eigenvalue weighted by atomic mass is 31.2. The van der Waals surface area contributed by atoms with E-state index in [0.717, 1.165) is 18.0 Å². The molecule has 46 heavy (non-hydrogen) atoms. The standard InChI is InChI=1S/C21H26N10O13P2/c1-38-46(37)40-3-8-13(11(32)20(42-8)31-6-27-10-17(31)28-21(23)29-18(10)34)43-45(35,36)39-2-7-14(44-46)12(33)19(41-7)30-5-26-9-15(22)24-4-25-16(9)30/h4-8,11-14,19-20,32-33H,2-3H2,1H3,(H,35,36)(H2,22,24,25)(H3,23,28,29,34)/t7?,8-,11-,12-,13-,14-,19-,20-,46?/m1/s1. The number of imidazole rings is 2. The molecule has 4 aromatic rings. The molecule has 3 aliphatic rings. The minimum Gasteiger partial charge on any atom is -0.386 e. The summed E-state index contributed by atoms with van der Waals surface area (Å²) in [6, 6.07) is 0. The molecular weight excluding hydrogens is 662 g/mol. The first-order valence-electron chi connectivity index (χ1n) is 13.3. The molecule has 23 nitrogen and oxygen atoms in total. The van der Waals surface area contributed by atoms with Gasteiger partial charge in [-0.05, 0) is 0 Å². The van der Waals surface area contributed by atoms with Gasteiger partial charge in [-0.2, -0.15) is 4.98 Å². The summed E-state index contributed by atoms with van der Waals surface area (Å²) in [6.07, 6.45) is -8.44. The van der Waals surface area contributed by atoms with Crippen molar-refractivity contribution in [2.75, 3.05) is 31.8 Å². The Morgan fingerprint density at radius 2 is 1.52 bits per heavy atom. The fourth-order valence-corrected chi connectivity index (χ4v) is 7.51. The number of nitrogens with two attached hydrogens (primary N) is 2. The van der Waals surface area contributed by atoms with E-state index in [2.05, 4.69) is 29.9 Å². The third-order valence-electron chi connectivity index (χ3n) is 7.53. The highest BCUT2D eigenvalue weighted by molar-refractivity contribution is 7.48. The Morgan fingerprint density at radius 3 is 2.20 bits per heavy atom. The Morgan fingerprint density at radius 1 is 0.913 bits per heavy atom. The van der Waals surface area contributed by atoms with Crippen molar-refractivity contribution in [3.8, 4) is 0 Å². The largest absolute Gasteiger partial charge is 0.475 e. The minimum absolute atomic E-state index is 0.0606. The van der Waals surface area contributed by atoms with Gasteiger partial charge < -0.3 is 36.0 Å². The maximum atomic E-state index is 13.7. The number of aromatic amines is 1. The number of H-pyrrole nitrogens is 1. The first-order valence-corrected chi connectivity index (χ1v) is 16.3. The molecule has 0 radical (unpaired) electrons. The lowest BCUT2D eigenvalue weighted by Gasteiger charge is -2.28. The second-order valence-electron chi connectivity index (χ2n) is 10.3. The number of aliphatic hydroxyl groups is 2. The number of nitrogen functional groups attached to an aromatic ring is 2. The normalized spacial score (nSPS) is 37.1. The second-order valence-corrected chi connectivity index (χ2v) is 13.4. The highest BCUT2D eigenvalue weighted by Gasteiger charge is 2.54. The highest BCUT2D eigenvalue weighted by Crippen LogP contribution is 2.55. The zero-order chi connectivity index (χ0) is 32.5. The van der Waals surface area contributed by atoms with Crippen LogP contribution in [0, 0.1) is 0 Å². The topological polar surface area (TPSA) is 319 Å². The first-order chi connectivity index (χ1) is 21.9. The molecule has 7 rings (SSSR count). The predicted octanol–water partition coefficient (Wildman–Crippen LogP) is -1.69. The third-order valence-corrected chi connectivity index (χ3v) is 9.93. The number of hydrogen-bond acceptors (Lipinski definition) is 19. The SMILES string of the molecule is COP1(=O)OC[C@H]2O[C@@H](n3cnc4c(=O)[nH]c(N)nc43)[C@H](O)[C@@H]2OP(=O)(O)OCC2O[C@@H](n3cnc4c(N)ncnc43)[C@H](O)[C@@H]2O1. The van der Waals surface area contributed by atoms with Gasteiger partial charge in [0, 0.05) is 7.11 Å². The van der Waals surface area contributed by atoms with Crippen molar-refractivity contribution < 1.29 is 56.3 Å². The molecule has 3 aliphatic heterocycles. The molecule has 3 saturated heterocycles. The van der Waals surface area contributed by atoms with Gasteiger partial charge in [-0.3, -0.25) is 41.5 Å². The van der Waals surface area contributed by atoms with E-state index in [1.807, 2.05) is 0 Å². The lowest BCUT2D eigenvalue weighted by molar-refractivity contribution is -0.0674. The number of nitrogens with zero attached hydrogens (tertiary/aromatic N) is 7. The molecule has 7 heterocycles. The molecule has 0 aromatic carbocycles. The zero-order valence-corrected chi connectivity index (χ0v) is 25.2. The molecule has 0 amide bonds. The monoisotopic (exact) mass is 688 g/mol. The van der Waals surface area contributed by atoms with E-state index in [1.54, 1.807) is 0 Å². The summed E-state index contributed by atoms with van der Waals surface area (Å²) in [5.74, 6) is -0.189. The molecular formula is C21H26N10O13P2. The molecule has 8 N–H and O–H groups in total. The molecule has 0 bridgehead atoms. The third kappa shape index (κ3) is 5.29. The average Bonchev–Trinajstić information content (AvgIpc) is 3.76. The number of nitrogens with one attached hydrogen (secondary N) is 1. The second kappa shape index (κ2) is 11.4. The summed E-state index contributed by atoms with van der Waals surface area (Å²) in [5.41, 5.74) is 11.0. The Balaban J connectivity index is 1.19. The summed E-state index contributed by atoms with van der Waals surface area (Å²) in [7, 11) is -8.56. The van der Waals surface area contributed by atoms with E-state index in [9.17, 15) is 29.0 Å². The number of rotatable bonds is 3. The fourth-order valence-electron chi connectivity index (χ4n) is 5.40. The van der Waals surface area contributed by atoms with Crippen LogP contribution in [0.4, 0.5) is 11.8 Å². The summed E-state index contributed by atoms with van der Waals surface area (Å²) < 4.78 is 67.8. The lowest BCUT2D eigenvalue weighted by Crippen LogP contribution is -2.39. The van der Waals surface area contributed by atoms with E-state index in [1.165, 1.54) is 17.2 Å². The molecule has 4 aromatic heterocycles. The molecule has 3 unspecified atom stereocenters. The number of fused-ring (bicyclic) bond motifs is 4. The van der Waals surface area contributed by atoms with E-state index in [-0.39, 0.29) is 34.1 Å². The van der Waals surface area contributed by atoms with Gasteiger partial charge in [-0.25, -0.2) is 29.1 Å². The van der Waals surface area contributed by atoms with E-state index >= 15 is 0 Å². The van der Waals surface area contributed by atoms with Crippen LogP contribution in [0.3, 0.4) is 0 Å². The van der Waals surface area contributed by atoms with Crippen molar-refractivity contribution >= 4 is 49.7 Å². The van der Waals surface area contributed by atoms with Crippen LogP contribution >= 0.6 is 15.6 Å². The van der Waals surface area contributed by atoms with Gasteiger partial charge in [0.15, 0.2) is 35.1 Å². The van der Waals surface area contributed by atoms with Gasteiger partial charge >= 0.3 is 15.6 Å². The fraction of sp³-hybridized carbons (Fsp3) is 0.524. The molecule has 25 heteroatoms. The molecule has 0 saturated carbocycles. The number of aromatic nitrogens is 8. The summed E-state index contributed by atoms with van der Waals surface area (Å²) >= 11 is 0. The predicted molar refractivity (Wildman–Crippen MR) is 148 cm³/mol. The molecule has 0 spiro atoms. The van der Waals surface area contributed by atoms with Crippen LogP contribution in [0.25, 0.3) is 22.3 Å². The van der Waals surface area contributed by atoms with Crippen molar-refractivity contribution in [1.82, 2.24) is 39.0 Å². The summed E-state index contributed by atoms with van der Waals surface area (Å²) in [4.78, 5) is 45.3. The number of anilines is 2. The number of ether oxygens (including phenoxy) is 2. The number of aliphatic hydroxyl groups excluding tert-OH is 2. The van der Waals surface area contributed by atoms with Gasteiger partial charge in [-0.1, -0.05) is 0 Å². The Hall–Kier alpha value is -3.44. The maximum Gasteiger partial charge on any atom is 0.475 e. The van der Waals surface area contributed by atoms with Crippen molar-refractivity contribution in [1.29, 1.82) is 0 Å². The Bertz CT molecular complexity index is 1950. The average molecular weight is 688 g/mol. The van der Waals surface area contributed by atoms with Gasteiger partial charge in [0.2, 0.25) is 5.95 Å². The van der Waals surface area contributed by atoms with Crippen LogP contribution in [-0.2, 0) is 41.2 Å². The Labute approximate surface area is 255 Å². The quantitative estimate of drug-likeness (QED) is 0.131. The van der Waals surface area contributed by atoms with Gasteiger partial charge in [0.05, 0.1) is 25.9 Å². The number of phosphoric acid groups is 2. The van der Waals surface area contributed by atoms with Gasteiger partial charge in [0.1, 0.15) is 48.5 Å². The van der Waals surface area contributed by atoms with Crippen LogP contribution in [0.1, 0.15) is 12.5 Å². The van der Waals surface area contributed by atoms with E-state index in [0.29, 0.717) is 0 Å². The lowest BCUT2D eigenvalue weighted by atomic mass is 10.1. The molecule has 10 atom stereocenters. The summed E-state index contributed by atoms with van der Waals surface area (Å²) in [6.45, 7) is -1.46. The number of hydrogen-bond donors (Lipinski definition) is 6. The molecule has 0 aliphatic carbocycles. The van der Waals surface area contributed by atoms with Crippen LogP contribution in [0.2, 0.25) is 0 Å². The van der Waals surface area contributed by atoms with Crippen LogP contribution in [0.15, 0.2) is 23.8 Å². The van der Waals surface area contributed by atoms with E-state index in [4.69, 9.17) is 43.6 Å². The smallest absolute Gasteiger partial charge is 0.386 e. The van der Waals surface area contributed by atoms with Gasteiger partial charge in [0.25, 0.3) is 5.56 Å². The van der Waals surface area contributed by atoms with Crippen molar-refractivity contribution in [3.05, 3.63) is 29.3 Å².